The molecule has 0 bridgehead atoms. The minimum absolute atomic E-state index is 0.127. The van der Waals surface area contributed by atoms with E-state index in [1.807, 2.05) is 48.6 Å². The zero-order valence-corrected chi connectivity index (χ0v) is 10.1. The Morgan fingerprint density at radius 3 is 2.84 bits per heavy atom. The molecule has 4 heteroatoms. The summed E-state index contributed by atoms with van der Waals surface area (Å²) in [4.78, 5) is 22.6. The molecule has 19 heavy (non-hydrogen) atoms. The van der Waals surface area contributed by atoms with Gasteiger partial charge in [0.2, 0.25) is 0 Å². The van der Waals surface area contributed by atoms with E-state index < -0.39 is 0 Å². The molecule has 0 saturated carbocycles. The summed E-state index contributed by atoms with van der Waals surface area (Å²) in [6.07, 6.45) is 6.99. The van der Waals surface area contributed by atoms with Crippen molar-refractivity contribution in [3.8, 4) is 0 Å². The minimum Gasteiger partial charge on any atom is -0.313 e. The van der Waals surface area contributed by atoms with Crippen molar-refractivity contribution in [2.75, 3.05) is 0 Å². The third kappa shape index (κ3) is 2.42. The van der Waals surface area contributed by atoms with E-state index in [1.54, 1.807) is 6.20 Å². The maximum absolute atomic E-state index is 11.7. The molecule has 4 nitrogen and oxygen atoms in total. The Kier molecular flexibility index (Phi) is 2.90. The molecule has 0 aliphatic carbocycles. The minimum atomic E-state index is -0.127. The van der Waals surface area contributed by atoms with Crippen molar-refractivity contribution in [2.45, 2.75) is 0 Å². The fourth-order valence-corrected chi connectivity index (χ4v) is 1.85. The summed E-state index contributed by atoms with van der Waals surface area (Å²) in [5.74, 6) is 0. The first kappa shape index (κ1) is 11.3. The van der Waals surface area contributed by atoms with Gasteiger partial charge < -0.3 is 4.98 Å². The van der Waals surface area contributed by atoms with Gasteiger partial charge in [0.1, 0.15) is 0 Å². The maximum atomic E-state index is 11.7. The molecule has 0 spiro atoms. The number of aromatic amines is 1. The van der Waals surface area contributed by atoms with Crippen LogP contribution in [0.25, 0.3) is 23.1 Å². The first-order chi connectivity index (χ1) is 9.33. The second kappa shape index (κ2) is 4.86. The summed E-state index contributed by atoms with van der Waals surface area (Å²) in [6.45, 7) is 0. The van der Waals surface area contributed by atoms with Crippen LogP contribution in [0.5, 0.6) is 0 Å². The SMILES string of the molecule is O=c1[nH]cnc2ccc(/C=C/c3ccccn3)cc12. The highest BCUT2D eigenvalue weighted by atomic mass is 16.1. The highest BCUT2D eigenvalue weighted by molar-refractivity contribution is 5.81. The lowest BCUT2D eigenvalue weighted by atomic mass is 10.1. The van der Waals surface area contributed by atoms with Crippen molar-refractivity contribution >= 4 is 23.1 Å². The van der Waals surface area contributed by atoms with Crippen molar-refractivity contribution in [1.82, 2.24) is 15.0 Å². The van der Waals surface area contributed by atoms with E-state index in [0.717, 1.165) is 11.3 Å². The summed E-state index contributed by atoms with van der Waals surface area (Å²) in [5.41, 5.74) is 2.39. The van der Waals surface area contributed by atoms with Crippen LogP contribution >= 0.6 is 0 Å². The molecule has 0 amide bonds. The van der Waals surface area contributed by atoms with E-state index in [0.29, 0.717) is 10.9 Å². The Morgan fingerprint density at radius 1 is 1.05 bits per heavy atom. The Bertz CT molecular complexity index is 791. The third-order valence-corrected chi connectivity index (χ3v) is 2.80. The van der Waals surface area contributed by atoms with E-state index in [1.165, 1.54) is 6.33 Å². The summed E-state index contributed by atoms with van der Waals surface area (Å²) in [7, 11) is 0. The van der Waals surface area contributed by atoms with Gasteiger partial charge in [-0.25, -0.2) is 4.98 Å². The number of hydrogen-bond acceptors (Lipinski definition) is 3. The fraction of sp³-hybridized carbons (Fsp3) is 0. The average molecular weight is 249 g/mol. The molecule has 0 fully saturated rings. The molecule has 0 unspecified atom stereocenters. The van der Waals surface area contributed by atoms with E-state index >= 15 is 0 Å². The largest absolute Gasteiger partial charge is 0.313 e. The molecule has 2 heterocycles. The average Bonchev–Trinajstić information content (AvgIpc) is 2.47. The standard InChI is InChI=1S/C15H11N3O/c19-15-13-9-11(5-7-14(13)17-10-18-15)4-6-12-3-1-2-8-16-12/h1-10H,(H,17,18,19)/b6-4+. The van der Waals surface area contributed by atoms with E-state index in [-0.39, 0.29) is 5.56 Å². The van der Waals surface area contributed by atoms with Crippen LogP contribution in [-0.2, 0) is 0 Å². The number of aromatic nitrogens is 3. The third-order valence-electron chi connectivity index (χ3n) is 2.80. The molecule has 0 radical (unpaired) electrons. The second-order valence-electron chi connectivity index (χ2n) is 4.10. The lowest BCUT2D eigenvalue weighted by Gasteiger charge is -1.97. The van der Waals surface area contributed by atoms with E-state index in [4.69, 9.17) is 0 Å². The van der Waals surface area contributed by atoms with Gasteiger partial charge in [-0.15, -0.1) is 0 Å². The summed E-state index contributed by atoms with van der Waals surface area (Å²) in [6, 6.07) is 11.3. The van der Waals surface area contributed by atoms with Gasteiger partial charge in [-0.2, -0.15) is 0 Å². The van der Waals surface area contributed by atoms with Gasteiger partial charge in [-0.05, 0) is 35.9 Å². The van der Waals surface area contributed by atoms with E-state index in [9.17, 15) is 4.79 Å². The molecule has 0 saturated heterocycles. The monoisotopic (exact) mass is 249 g/mol. The van der Waals surface area contributed by atoms with Crippen molar-refractivity contribution < 1.29 is 0 Å². The molecular formula is C15H11N3O. The highest BCUT2D eigenvalue weighted by Gasteiger charge is 1.99. The van der Waals surface area contributed by atoms with Crippen LogP contribution in [0.2, 0.25) is 0 Å². The van der Waals surface area contributed by atoms with Gasteiger partial charge in [0.25, 0.3) is 5.56 Å². The Labute approximate surface area is 109 Å². The van der Waals surface area contributed by atoms with Crippen LogP contribution < -0.4 is 5.56 Å². The Morgan fingerprint density at radius 2 is 2.00 bits per heavy atom. The van der Waals surface area contributed by atoms with Crippen molar-refractivity contribution in [3.63, 3.8) is 0 Å². The van der Waals surface area contributed by atoms with Crippen LogP contribution in [0.1, 0.15) is 11.3 Å². The number of benzene rings is 1. The second-order valence-corrected chi connectivity index (χ2v) is 4.10. The zero-order valence-electron chi connectivity index (χ0n) is 10.1. The molecule has 0 aliphatic heterocycles. The molecule has 0 atom stereocenters. The van der Waals surface area contributed by atoms with Crippen LogP contribution in [0, 0.1) is 0 Å². The van der Waals surface area contributed by atoms with Crippen LogP contribution in [-0.4, -0.2) is 15.0 Å². The van der Waals surface area contributed by atoms with Crippen molar-refractivity contribution in [1.29, 1.82) is 0 Å². The molecule has 2 aromatic heterocycles. The van der Waals surface area contributed by atoms with Gasteiger partial charge in [0.05, 0.1) is 22.9 Å². The molecule has 1 aromatic carbocycles. The zero-order chi connectivity index (χ0) is 13.1. The number of H-pyrrole nitrogens is 1. The molecule has 1 N–H and O–H groups in total. The highest BCUT2D eigenvalue weighted by Crippen LogP contribution is 2.12. The van der Waals surface area contributed by atoms with Crippen molar-refractivity contribution in [3.05, 3.63) is 70.5 Å². The van der Waals surface area contributed by atoms with Gasteiger partial charge in [0.15, 0.2) is 0 Å². The number of fused-ring (bicyclic) bond motifs is 1. The molecule has 0 aliphatic rings. The fourth-order valence-electron chi connectivity index (χ4n) is 1.85. The number of hydrogen-bond donors (Lipinski definition) is 1. The summed E-state index contributed by atoms with van der Waals surface area (Å²) < 4.78 is 0. The summed E-state index contributed by atoms with van der Waals surface area (Å²) in [5, 5.41) is 0.589. The quantitative estimate of drug-likeness (QED) is 0.759. The van der Waals surface area contributed by atoms with Gasteiger partial charge >= 0.3 is 0 Å². The lowest BCUT2D eigenvalue weighted by Crippen LogP contribution is -2.05. The number of nitrogens with zero attached hydrogens (tertiary/aromatic N) is 2. The molecule has 3 rings (SSSR count). The van der Waals surface area contributed by atoms with Crippen LogP contribution in [0.4, 0.5) is 0 Å². The predicted octanol–water partition coefficient (Wildman–Crippen LogP) is 2.49. The first-order valence-electron chi connectivity index (χ1n) is 5.89. The maximum Gasteiger partial charge on any atom is 0.258 e. The molecular weight excluding hydrogens is 238 g/mol. The predicted molar refractivity (Wildman–Crippen MR) is 75.5 cm³/mol. The molecule has 3 aromatic rings. The molecule has 92 valence electrons. The van der Waals surface area contributed by atoms with Gasteiger partial charge in [-0.1, -0.05) is 18.2 Å². The van der Waals surface area contributed by atoms with Crippen LogP contribution in [0.15, 0.2) is 53.7 Å². The Balaban J connectivity index is 2.00. The Hall–Kier alpha value is -2.75. The van der Waals surface area contributed by atoms with Gasteiger partial charge in [0, 0.05) is 6.20 Å². The first-order valence-corrected chi connectivity index (χ1v) is 5.89. The smallest absolute Gasteiger partial charge is 0.258 e. The van der Waals surface area contributed by atoms with Crippen molar-refractivity contribution in [2.24, 2.45) is 0 Å². The van der Waals surface area contributed by atoms with Crippen LogP contribution in [0.3, 0.4) is 0 Å². The van der Waals surface area contributed by atoms with E-state index in [2.05, 4.69) is 15.0 Å². The number of nitrogens with one attached hydrogen (secondary N) is 1. The number of pyridine rings is 1. The summed E-state index contributed by atoms with van der Waals surface area (Å²) >= 11 is 0. The normalized spacial score (nSPS) is 11.2. The topological polar surface area (TPSA) is 58.6 Å². The lowest BCUT2D eigenvalue weighted by molar-refractivity contribution is 1.17. The number of rotatable bonds is 2. The van der Waals surface area contributed by atoms with Gasteiger partial charge in [-0.3, -0.25) is 9.78 Å².